The molecule has 0 radical (unpaired) electrons. The van der Waals surface area contributed by atoms with Gasteiger partial charge in [-0.3, -0.25) is 0 Å². The Kier molecular flexibility index (Phi) is 4.19. The number of furan rings is 1. The van der Waals surface area contributed by atoms with Crippen LogP contribution < -0.4 is 0 Å². The molecule has 3 aromatic rings. The first-order valence-corrected chi connectivity index (χ1v) is 8.82. The summed E-state index contributed by atoms with van der Waals surface area (Å²) in [4.78, 5) is 0. The lowest BCUT2D eigenvalue weighted by atomic mass is 9.85. The van der Waals surface area contributed by atoms with Crippen molar-refractivity contribution in [3.8, 4) is 0 Å². The monoisotopic (exact) mass is 349 g/mol. The minimum atomic E-state index is -0.632. The Morgan fingerprint density at radius 3 is 2.12 bits per heavy atom. The van der Waals surface area contributed by atoms with Crippen molar-refractivity contribution in [1.82, 2.24) is 5.06 Å². The molecule has 2 heterocycles. The third-order valence-electron chi connectivity index (χ3n) is 5.27. The van der Waals surface area contributed by atoms with Crippen molar-refractivity contribution >= 4 is 0 Å². The van der Waals surface area contributed by atoms with E-state index in [0.717, 1.165) is 11.1 Å². The predicted molar refractivity (Wildman–Crippen MR) is 98.6 cm³/mol. The Bertz CT molecular complexity index is 840. The largest absolute Gasteiger partial charge is 0.467 e. The fraction of sp³-hybridized carbons (Fsp3) is 0.273. The Hall–Kier alpha value is -2.40. The maximum absolute atomic E-state index is 11.4. The number of hydrogen-bond donors (Lipinski definition) is 1. The van der Waals surface area contributed by atoms with Crippen LogP contribution in [0.5, 0.6) is 0 Å². The summed E-state index contributed by atoms with van der Waals surface area (Å²) >= 11 is 0. The first-order chi connectivity index (χ1) is 12.6. The SMILES string of the molecule is CC(C)(c1ccccc1)N(O)[C@@H](c1ccco1)[C@@]1(c2ccccc2)CO1. The van der Waals surface area contributed by atoms with Crippen LogP contribution in [0.1, 0.15) is 36.8 Å². The summed E-state index contributed by atoms with van der Waals surface area (Å²) in [7, 11) is 0. The van der Waals surface area contributed by atoms with Gasteiger partial charge in [-0.15, -0.1) is 0 Å². The van der Waals surface area contributed by atoms with E-state index < -0.39 is 17.2 Å². The molecule has 134 valence electrons. The zero-order chi connectivity index (χ0) is 18.2. The Morgan fingerprint density at radius 2 is 1.58 bits per heavy atom. The van der Waals surface area contributed by atoms with Crippen molar-refractivity contribution < 1.29 is 14.4 Å². The van der Waals surface area contributed by atoms with Crippen LogP contribution in [0.25, 0.3) is 0 Å². The smallest absolute Gasteiger partial charge is 0.141 e. The molecule has 1 aromatic heterocycles. The van der Waals surface area contributed by atoms with Gasteiger partial charge in [-0.1, -0.05) is 60.7 Å². The molecule has 1 aliphatic heterocycles. The highest BCUT2D eigenvalue weighted by Gasteiger charge is 2.59. The number of hydrogen-bond acceptors (Lipinski definition) is 4. The van der Waals surface area contributed by atoms with E-state index in [4.69, 9.17) is 9.15 Å². The van der Waals surface area contributed by atoms with E-state index in [1.54, 1.807) is 6.26 Å². The molecule has 2 atom stereocenters. The van der Waals surface area contributed by atoms with Crippen molar-refractivity contribution in [2.24, 2.45) is 0 Å². The summed E-state index contributed by atoms with van der Waals surface area (Å²) < 4.78 is 11.7. The fourth-order valence-electron chi connectivity index (χ4n) is 3.58. The van der Waals surface area contributed by atoms with Gasteiger partial charge < -0.3 is 14.4 Å². The molecule has 0 unspecified atom stereocenters. The molecule has 4 heteroatoms. The van der Waals surface area contributed by atoms with Crippen LogP contribution in [0.15, 0.2) is 83.5 Å². The first kappa shape index (κ1) is 17.0. The van der Waals surface area contributed by atoms with Crippen molar-refractivity contribution in [2.75, 3.05) is 6.61 Å². The number of rotatable bonds is 6. The molecule has 26 heavy (non-hydrogen) atoms. The highest BCUT2D eigenvalue weighted by atomic mass is 16.6. The van der Waals surface area contributed by atoms with Crippen LogP contribution in [0.3, 0.4) is 0 Å². The lowest BCUT2D eigenvalue weighted by Crippen LogP contribution is -2.46. The van der Waals surface area contributed by atoms with Crippen LogP contribution >= 0.6 is 0 Å². The van der Waals surface area contributed by atoms with Gasteiger partial charge in [0.25, 0.3) is 0 Å². The van der Waals surface area contributed by atoms with Gasteiger partial charge in [0.15, 0.2) is 0 Å². The van der Waals surface area contributed by atoms with E-state index in [1.807, 2.05) is 86.6 Å². The second-order valence-corrected chi connectivity index (χ2v) is 7.23. The van der Waals surface area contributed by atoms with Gasteiger partial charge in [-0.05, 0) is 37.1 Å². The predicted octanol–water partition coefficient (Wildman–Crippen LogP) is 4.87. The quantitative estimate of drug-likeness (QED) is 0.509. The normalized spacial score (nSPS) is 20.9. The highest BCUT2D eigenvalue weighted by Crippen LogP contribution is 2.53. The van der Waals surface area contributed by atoms with Crippen LogP contribution in [0.4, 0.5) is 0 Å². The summed E-state index contributed by atoms with van der Waals surface area (Å²) in [6, 6.07) is 23.3. The lowest BCUT2D eigenvalue weighted by Gasteiger charge is -2.41. The molecule has 0 saturated carbocycles. The Labute approximate surface area is 153 Å². The molecule has 0 bridgehead atoms. The summed E-state index contributed by atoms with van der Waals surface area (Å²) in [5, 5.41) is 12.8. The maximum atomic E-state index is 11.4. The molecule has 0 spiro atoms. The summed E-state index contributed by atoms with van der Waals surface area (Å²) in [5.41, 5.74) is 0.791. The van der Waals surface area contributed by atoms with Gasteiger partial charge in [-0.2, -0.15) is 5.06 Å². The van der Waals surface area contributed by atoms with E-state index >= 15 is 0 Å². The summed E-state index contributed by atoms with van der Waals surface area (Å²) in [5.74, 6) is 0.679. The average Bonchev–Trinajstić information content (AvgIpc) is 3.30. The minimum Gasteiger partial charge on any atom is -0.467 e. The zero-order valence-electron chi connectivity index (χ0n) is 15.0. The lowest BCUT2D eigenvalue weighted by molar-refractivity contribution is -0.219. The third-order valence-corrected chi connectivity index (χ3v) is 5.27. The molecule has 2 aromatic carbocycles. The minimum absolute atomic E-state index is 0.463. The number of ether oxygens (including phenoxy) is 1. The molecule has 1 aliphatic rings. The molecule has 1 saturated heterocycles. The highest BCUT2D eigenvalue weighted by molar-refractivity contribution is 5.33. The van der Waals surface area contributed by atoms with Gasteiger partial charge in [0.05, 0.1) is 18.4 Å². The van der Waals surface area contributed by atoms with Crippen LogP contribution in [-0.4, -0.2) is 16.9 Å². The van der Waals surface area contributed by atoms with Crippen LogP contribution in [-0.2, 0) is 15.9 Å². The maximum Gasteiger partial charge on any atom is 0.141 e. The standard InChI is InChI=1S/C22H23NO3/c1-21(2,17-10-5-3-6-11-17)23(24)20(19-14-9-15-25-19)22(16-26-22)18-12-7-4-8-13-18/h3-15,20,24H,16H2,1-2H3/t20-,22-/m0/s1. The Morgan fingerprint density at radius 1 is 0.962 bits per heavy atom. The van der Waals surface area contributed by atoms with E-state index in [2.05, 4.69) is 0 Å². The van der Waals surface area contributed by atoms with Gasteiger partial charge in [-0.25, -0.2) is 0 Å². The molecular formula is C22H23NO3. The van der Waals surface area contributed by atoms with Crippen molar-refractivity contribution in [3.05, 3.63) is 95.9 Å². The zero-order valence-corrected chi connectivity index (χ0v) is 15.0. The first-order valence-electron chi connectivity index (χ1n) is 8.82. The number of hydroxylamine groups is 2. The second-order valence-electron chi connectivity index (χ2n) is 7.23. The van der Waals surface area contributed by atoms with E-state index in [9.17, 15) is 5.21 Å². The molecule has 0 amide bonds. The number of nitrogens with zero attached hydrogens (tertiary/aromatic N) is 1. The second kappa shape index (κ2) is 6.40. The molecule has 0 aliphatic carbocycles. The van der Waals surface area contributed by atoms with E-state index in [1.165, 1.54) is 5.06 Å². The van der Waals surface area contributed by atoms with Crippen molar-refractivity contribution in [1.29, 1.82) is 0 Å². The van der Waals surface area contributed by atoms with E-state index in [0.29, 0.717) is 12.4 Å². The average molecular weight is 349 g/mol. The molecule has 4 nitrogen and oxygen atoms in total. The van der Waals surface area contributed by atoms with Gasteiger partial charge in [0, 0.05) is 0 Å². The van der Waals surface area contributed by atoms with Gasteiger partial charge in [0.1, 0.15) is 17.4 Å². The summed E-state index contributed by atoms with van der Waals surface area (Å²) in [6.45, 7) is 4.53. The number of epoxide rings is 1. The van der Waals surface area contributed by atoms with E-state index in [-0.39, 0.29) is 0 Å². The number of benzene rings is 2. The van der Waals surface area contributed by atoms with Gasteiger partial charge in [0.2, 0.25) is 0 Å². The summed E-state index contributed by atoms with van der Waals surface area (Å²) in [6.07, 6.45) is 1.63. The van der Waals surface area contributed by atoms with Crippen molar-refractivity contribution in [3.63, 3.8) is 0 Å². The van der Waals surface area contributed by atoms with Crippen molar-refractivity contribution in [2.45, 2.75) is 31.0 Å². The molecular weight excluding hydrogens is 326 g/mol. The third kappa shape index (κ3) is 2.76. The van der Waals surface area contributed by atoms with Crippen LogP contribution in [0, 0.1) is 0 Å². The molecule has 4 rings (SSSR count). The Balaban J connectivity index is 1.78. The van der Waals surface area contributed by atoms with Crippen LogP contribution in [0.2, 0.25) is 0 Å². The molecule has 1 N–H and O–H groups in total. The molecule has 1 fully saturated rings. The topological polar surface area (TPSA) is 49.1 Å². The van der Waals surface area contributed by atoms with Gasteiger partial charge >= 0.3 is 0 Å². The fourth-order valence-corrected chi connectivity index (χ4v) is 3.58.